The zero-order chi connectivity index (χ0) is 14.9. The molecule has 1 fully saturated rings. The molecule has 6 heteroatoms. The van der Waals surface area contributed by atoms with Gasteiger partial charge in [0.25, 0.3) is 0 Å². The lowest BCUT2D eigenvalue weighted by molar-refractivity contribution is -0.0634. The summed E-state index contributed by atoms with van der Waals surface area (Å²) in [6, 6.07) is 9.35. The molecule has 1 aliphatic carbocycles. The van der Waals surface area contributed by atoms with Crippen LogP contribution in [0, 0.1) is 5.92 Å². The first-order valence-electron chi connectivity index (χ1n) is 7.09. The van der Waals surface area contributed by atoms with Crippen molar-refractivity contribution < 1.29 is 13.9 Å². The van der Waals surface area contributed by atoms with Crippen LogP contribution in [0.25, 0.3) is 5.69 Å². The van der Waals surface area contributed by atoms with E-state index in [2.05, 4.69) is 10.3 Å². The SMILES string of the molecule is OC(c1cnnn1-c1ccccc1)C1CCC(F)(F)CC1. The first-order valence-corrected chi connectivity index (χ1v) is 7.09. The van der Waals surface area contributed by atoms with E-state index in [1.54, 1.807) is 4.68 Å². The minimum atomic E-state index is -2.59. The number of aromatic nitrogens is 3. The molecule has 1 heterocycles. The van der Waals surface area contributed by atoms with Crippen molar-refractivity contribution in [1.29, 1.82) is 0 Å². The summed E-state index contributed by atoms with van der Waals surface area (Å²) in [4.78, 5) is 0. The Morgan fingerprint density at radius 1 is 1.19 bits per heavy atom. The summed E-state index contributed by atoms with van der Waals surface area (Å²) in [5.74, 6) is -2.76. The van der Waals surface area contributed by atoms with Crippen molar-refractivity contribution in [3.8, 4) is 5.69 Å². The Labute approximate surface area is 121 Å². The fourth-order valence-corrected chi connectivity index (χ4v) is 2.83. The van der Waals surface area contributed by atoms with Crippen LogP contribution < -0.4 is 0 Å². The number of hydrogen-bond donors (Lipinski definition) is 1. The number of benzene rings is 1. The average Bonchev–Trinajstić information content (AvgIpc) is 2.97. The lowest BCUT2D eigenvalue weighted by atomic mass is 9.82. The lowest BCUT2D eigenvalue weighted by Gasteiger charge is -2.31. The molecule has 1 aliphatic rings. The van der Waals surface area contributed by atoms with Crippen LogP contribution >= 0.6 is 0 Å². The van der Waals surface area contributed by atoms with Crippen LogP contribution in [0.3, 0.4) is 0 Å². The molecular weight excluding hydrogens is 276 g/mol. The summed E-state index contributed by atoms with van der Waals surface area (Å²) in [7, 11) is 0. The number of aliphatic hydroxyl groups is 1. The van der Waals surface area contributed by atoms with Gasteiger partial charge in [0.1, 0.15) is 6.10 Å². The molecule has 1 atom stereocenters. The van der Waals surface area contributed by atoms with Crippen molar-refractivity contribution in [3.63, 3.8) is 0 Å². The third kappa shape index (κ3) is 2.95. The Morgan fingerprint density at radius 2 is 1.86 bits per heavy atom. The van der Waals surface area contributed by atoms with E-state index in [0.29, 0.717) is 18.5 Å². The van der Waals surface area contributed by atoms with Crippen LogP contribution in [0.2, 0.25) is 0 Å². The first kappa shape index (κ1) is 14.1. The predicted molar refractivity (Wildman–Crippen MR) is 73.2 cm³/mol. The molecule has 2 aromatic rings. The molecule has 1 aromatic carbocycles. The Morgan fingerprint density at radius 3 is 2.52 bits per heavy atom. The zero-order valence-electron chi connectivity index (χ0n) is 11.5. The second-order valence-electron chi connectivity index (χ2n) is 5.54. The minimum Gasteiger partial charge on any atom is -0.386 e. The minimum absolute atomic E-state index is 0.165. The summed E-state index contributed by atoms with van der Waals surface area (Å²) in [6.45, 7) is 0. The molecule has 1 aromatic heterocycles. The van der Waals surface area contributed by atoms with Crippen LogP contribution in [0.5, 0.6) is 0 Å². The van der Waals surface area contributed by atoms with Gasteiger partial charge in [-0.25, -0.2) is 13.5 Å². The molecule has 21 heavy (non-hydrogen) atoms. The molecule has 1 unspecified atom stereocenters. The van der Waals surface area contributed by atoms with Crippen LogP contribution in [0.1, 0.15) is 37.5 Å². The van der Waals surface area contributed by atoms with E-state index in [-0.39, 0.29) is 18.8 Å². The summed E-state index contributed by atoms with van der Waals surface area (Å²) in [5.41, 5.74) is 1.35. The van der Waals surface area contributed by atoms with Crippen molar-refractivity contribution in [3.05, 3.63) is 42.2 Å². The maximum atomic E-state index is 13.2. The quantitative estimate of drug-likeness (QED) is 0.946. The van der Waals surface area contributed by atoms with E-state index in [0.717, 1.165) is 5.69 Å². The van der Waals surface area contributed by atoms with Crippen molar-refractivity contribution >= 4 is 0 Å². The number of hydrogen-bond acceptors (Lipinski definition) is 3. The highest BCUT2D eigenvalue weighted by Crippen LogP contribution is 2.41. The van der Waals surface area contributed by atoms with Crippen LogP contribution in [-0.2, 0) is 0 Å². The van der Waals surface area contributed by atoms with E-state index in [1.165, 1.54) is 6.20 Å². The number of aliphatic hydroxyl groups excluding tert-OH is 1. The van der Waals surface area contributed by atoms with E-state index in [4.69, 9.17) is 0 Å². The van der Waals surface area contributed by atoms with Gasteiger partial charge in [-0.05, 0) is 30.9 Å². The van der Waals surface area contributed by atoms with E-state index < -0.39 is 12.0 Å². The summed E-state index contributed by atoms with van der Waals surface area (Å²) in [6.07, 6.45) is 0.979. The van der Waals surface area contributed by atoms with Crippen LogP contribution in [-0.4, -0.2) is 26.0 Å². The van der Waals surface area contributed by atoms with Crippen molar-refractivity contribution in [1.82, 2.24) is 15.0 Å². The van der Waals surface area contributed by atoms with E-state index >= 15 is 0 Å². The van der Waals surface area contributed by atoms with Crippen molar-refractivity contribution in [2.75, 3.05) is 0 Å². The van der Waals surface area contributed by atoms with Gasteiger partial charge >= 0.3 is 0 Å². The van der Waals surface area contributed by atoms with Gasteiger partial charge in [0.05, 0.1) is 17.6 Å². The normalized spacial score (nSPS) is 20.3. The molecule has 0 saturated heterocycles. The number of para-hydroxylation sites is 1. The summed E-state index contributed by atoms with van der Waals surface area (Å²) in [5, 5.41) is 18.3. The third-order valence-electron chi connectivity index (χ3n) is 4.09. The fourth-order valence-electron chi connectivity index (χ4n) is 2.83. The molecule has 112 valence electrons. The lowest BCUT2D eigenvalue weighted by Crippen LogP contribution is -2.28. The van der Waals surface area contributed by atoms with Crippen LogP contribution in [0.4, 0.5) is 8.78 Å². The second kappa shape index (κ2) is 5.52. The smallest absolute Gasteiger partial charge is 0.248 e. The largest absolute Gasteiger partial charge is 0.386 e. The Hall–Kier alpha value is -1.82. The number of alkyl halides is 2. The maximum Gasteiger partial charge on any atom is 0.248 e. The first-order chi connectivity index (χ1) is 10.1. The van der Waals surface area contributed by atoms with E-state index in [9.17, 15) is 13.9 Å². The molecule has 1 N–H and O–H groups in total. The van der Waals surface area contributed by atoms with Gasteiger partial charge in [0, 0.05) is 12.8 Å². The van der Waals surface area contributed by atoms with Gasteiger partial charge in [-0.15, -0.1) is 5.10 Å². The van der Waals surface area contributed by atoms with Gasteiger partial charge in [-0.3, -0.25) is 0 Å². The summed E-state index contributed by atoms with van der Waals surface area (Å²) < 4.78 is 28.0. The van der Waals surface area contributed by atoms with Crippen molar-refractivity contribution in [2.24, 2.45) is 5.92 Å². The predicted octanol–water partition coefficient (Wildman–Crippen LogP) is 3.13. The molecule has 0 spiro atoms. The monoisotopic (exact) mass is 293 g/mol. The highest BCUT2D eigenvalue weighted by Gasteiger charge is 2.38. The maximum absolute atomic E-state index is 13.2. The number of nitrogens with zero attached hydrogens (tertiary/aromatic N) is 3. The second-order valence-corrected chi connectivity index (χ2v) is 5.54. The third-order valence-corrected chi connectivity index (χ3v) is 4.09. The molecule has 0 amide bonds. The number of halogens is 2. The number of rotatable bonds is 3. The fraction of sp³-hybridized carbons (Fsp3) is 0.467. The molecule has 0 aliphatic heterocycles. The standard InChI is InChI=1S/C15H17F2N3O/c16-15(17)8-6-11(7-9-15)14(21)13-10-18-19-20(13)12-4-2-1-3-5-12/h1-5,10-11,14,21H,6-9H2. The van der Waals surface area contributed by atoms with Crippen molar-refractivity contribution in [2.45, 2.75) is 37.7 Å². The van der Waals surface area contributed by atoms with E-state index in [1.807, 2.05) is 30.3 Å². The van der Waals surface area contributed by atoms with Gasteiger partial charge in [0.2, 0.25) is 5.92 Å². The summed E-state index contributed by atoms with van der Waals surface area (Å²) >= 11 is 0. The molecular formula is C15H17F2N3O. The molecule has 3 rings (SSSR count). The zero-order valence-corrected chi connectivity index (χ0v) is 11.5. The molecule has 0 bridgehead atoms. The average molecular weight is 293 g/mol. The van der Waals surface area contributed by atoms with Crippen LogP contribution in [0.15, 0.2) is 36.5 Å². The molecule has 1 saturated carbocycles. The van der Waals surface area contributed by atoms with Gasteiger partial charge < -0.3 is 5.11 Å². The Bertz CT molecular complexity index is 590. The van der Waals surface area contributed by atoms with Gasteiger partial charge in [-0.1, -0.05) is 23.4 Å². The molecule has 0 radical (unpaired) electrons. The highest BCUT2D eigenvalue weighted by molar-refractivity contribution is 5.32. The molecule has 4 nitrogen and oxygen atoms in total. The van der Waals surface area contributed by atoms with Gasteiger partial charge in [-0.2, -0.15) is 0 Å². The van der Waals surface area contributed by atoms with Gasteiger partial charge in [0.15, 0.2) is 0 Å². The topological polar surface area (TPSA) is 50.9 Å². The Balaban J connectivity index is 1.80. The highest BCUT2D eigenvalue weighted by atomic mass is 19.3. The Kier molecular flexibility index (Phi) is 3.71.